The molecule has 0 saturated carbocycles. The van der Waals surface area contributed by atoms with E-state index in [1.165, 1.54) is 0 Å². The van der Waals surface area contributed by atoms with E-state index < -0.39 is 0 Å². The number of nitrogens with two attached hydrogens (primary N) is 1. The Labute approximate surface area is 106 Å². The summed E-state index contributed by atoms with van der Waals surface area (Å²) in [6.45, 7) is 4.48. The van der Waals surface area contributed by atoms with Crippen LogP contribution >= 0.6 is 0 Å². The predicted octanol–water partition coefficient (Wildman–Crippen LogP) is 2.02. The van der Waals surface area contributed by atoms with E-state index in [-0.39, 0.29) is 6.04 Å². The summed E-state index contributed by atoms with van der Waals surface area (Å²) < 4.78 is 10.6. The van der Waals surface area contributed by atoms with Gasteiger partial charge in [0.25, 0.3) is 0 Å². The third kappa shape index (κ3) is 3.07. The fourth-order valence-electron chi connectivity index (χ4n) is 1.62. The summed E-state index contributed by atoms with van der Waals surface area (Å²) >= 11 is 0. The Morgan fingerprint density at radius 2 is 2.28 bits per heavy atom. The number of rotatable bonds is 5. The van der Waals surface area contributed by atoms with E-state index in [0.717, 1.165) is 11.3 Å². The van der Waals surface area contributed by atoms with Crippen molar-refractivity contribution in [2.75, 3.05) is 6.61 Å². The highest BCUT2D eigenvalue weighted by molar-refractivity contribution is 5.56. The Kier molecular flexibility index (Phi) is 3.94. The Morgan fingerprint density at radius 1 is 1.44 bits per heavy atom. The molecule has 1 aromatic carbocycles. The predicted molar refractivity (Wildman–Crippen MR) is 68.3 cm³/mol. The van der Waals surface area contributed by atoms with Gasteiger partial charge in [0.2, 0.25) is 11.7 Å². The SMILES string of the molecule is CCOc1cccc(-c2noc(CC(C)N)n2)c1. The number of ether oxygens (including phenoxy) is 1. The third-order valence-electron chi connectivity index (χ3n) is 2.37. The minimum atomic E-state index is 0.00746. The molecule has 5 heteroatoms. The second-order valence-electron chi connectivity index (χ2n) is 4.15. The summed E-state index contributed by atoms with van der Waals surface area (Å²) in [7, 11) is 0. The molecule has 96 valence electrons. The van der Waals surface area contributed by atoms with Crippen LogP contribution in [0.15, 0.2) is 28.8 Å². The number of nitrogens with zero attached hydrogens (tertiary/aromatic N) is 2. The number of benzene rings is 1. The quantitative estimate of drug-likeness (QED) is 0.875. The molecule has 0 bridgehead atoms. The minimum absolute atomic E-state index is 0.00746. The van der Waals surface area contributed by atoms with Crippen LogP contribution < -0.4 is 10.5 Å². The van der Waals surface area contributed by atoms with Crippen molar-refractivity contribution in [1.82, 2.24) is 10.1 Å². The Morgan fingerprint density at radius 3 is 3.00 bits per heavy atom. The molecule has 0 aliphatic rings. The van der Waals surface area contributed by atoms with Gasteiger partial charge in [-0.15, -0.1) is 0 Å². The zero-order chi connectivity index (χ0) is 13.0. The number of hydrogen-bond acceptors (Lipinski definition) is 5. The molecule has 1 heterocycles. The number of hydrogen-bond donors (Lipinski definition) is 1. The van der Waals surface area contributed by atoms with Crippen molar-refractivity contribution < 1.29 is 9.26 Å². The van der Waals surface area contributed by atoms with Gasteiger partial charge in [0.05, 0.1) is 6.61 Å². The zero-order valence-electron chi connectivity index (χ0n) is 10.6. The second kappa shape index (κ2) is 5.64. The van der Waals surface area contributed by atoms with Gasteiger partial charge in [-0.3, -0.25) is 0 Å². The smallest absolute Gasteiger partial charge is 0.228 e. The average Bonchev–Trinajstić information content (AvgIpc) is 2.77. The first-order valence-electron chi connectivity index (χ1n) is 6.00. The maximum Gasteiger partial charge on any atom is 0.228 e. The first-order chi connectivity index (χ1) is 8.69. The average molecular weight is 247 g/mol. The van der Waals surface area contributed by atoms with E-state index >= 15 is 0 Å². The maximum absolute atomic E-state index is 5.69. The lowest BCUT2D eigenvalue weighted by Gasteiger charge is -2.03. The van der Waals surface area contributed by atoms with Crippen molar-refractivity contribution >= 4 is 0 Å². The van der Waals surface area contributed by atoms with Crippen LogP contribution in [0, 0.1) is 0 Å². The van der Waals surface area contributed by atoms with Crippen LogP contribution in [0.2, 0.25) is 0 Å². The summed E-state index contributed by atoms with van der Waals surface area (Å²) in [5.74, 6) is 1.92. The Hall–Kier alpha value is -1.88. The monoisotopic (exact) mass is 247 g/mol. The van der Waals surface area contributed by atoms with Gasteiger partial charge in [-0.1, -0.05) is 17.3 Å². The highest BCUT2D eigenvalue weighted by atomic mass is 16.5. The van der Waals surface area contributed by atoms with Gasteiger partial charge < -0.3 is 15.0 Å². The van der Waals surface area contributed by atoms with Gasteiger partial charge in [0.1, 0.15) is 5.75 Å². The highest BCUT2D eigenvalue weighted by Crippen LogP contribution is 2.21. The van der Waals surface area contributed by atoms with Gasteiger partial charge in [-0.25, -0.2) is 0 Å². The summed E-state index contributed by atoms with van der Waals surface area (Å²) in [5.41, 5.74) is 6.56. The molecule has 2 aromatic rings. The van der Waals surface area contributed by atoms with E-state index in [0.29, 0.717) is 24.7 Å². The van der Waals surface area contributed by atoms with Crippen molar-refractivity contribution in [2.45, 2.75) is 26.3 Å². The van der Waals surface area contributed by atoms with Gasteiger partial charge in [-0.2, -0.15) is 4.98 Å². The van der Waals surface area contributed by atoms with Crippen LogP contribution in [0.25, 0.3) is 11.4 Å². The molecule has 0 saturated heterocycles. The lowest BCUT2D eigenvalue weighted by molar-refractivity contribution is 0.340. The van der Waals surface area contributed by atoms with E-state index in [1.54, 1.807) is 0 Å². The molecular formula is C13H17N3O2. The van der Waals surface area contributed by atoms with Gasteiger partial charge in [0.15, 0.2) is 0 Å². The molecule has 1 atom stereocenters. The molecule has 1 unspecified atom stereocenters. The first-order valence-corrected chi connectivity index (χ1v) is 6.00. The molecule has 1 aromatic heterocycles. The number of aromatic nitrogens is 2. The van der Waals surface area contributed by atoms with Crippen LogP contribution in [-0.2, 0) is 6.42 Å². The van der Waals surface area contributed by atoms with Crippen molar-refractivity contribution in [3.8, 4) is 17.1 Å². The summed E-state index contributed by atoms with van der Waals surface area (Å²) in [6, 6.07) is 7.62. The van der Waals surface area contributed by atoms with Gasteiger partial charge in [-0.05, 0) is 26.0 Å². The molecule has 0 fully saturated rings. The molecular weight excluding hydrogens is 230 g/mol. The van der Waals surface area contributed by atoms with E-state index in [2.05, 4.69) is 10.1 Å². The first kappa shape index (κ1) is 12.6. The van der Waals surface area contributed by atoms with Crippen LogP contribution in [-0.4, -0.2) is 22.8 Å². The molecule has 0 aliphatic carbocycles. The normalized spacial score (nSPS) is 12.4. The van der Waals surface area contributed by atoms with E-state index in [9.17, 15) is 0 Å². The third-order valence-corrected chi connectivity index (χ3v) is 2.37. The molecule has 0 amide bonds. The molecule has 5 nitrogen and oxygen atoms in total. The fourth-order valence-corrected chi connectivity index (χ4v) is 1.62. The summed E-state index contributed by atoms with van der Waals surface area (Å²) in [5, 5.41) is 3.94. The second-order valence-corrected chi connectivity index (χ2v) is 4.15. The van der Waals surface area contributed by atoms with Crippen molar-refractivity contribution in [1.29, 1.82) is 0 Å². The van der Waals surface area contributed by atoms with Crippen LogP contribution in [0.3, 0.4) is 0 Å². The maximum atomic E-state index is 5.69. The van der Waals surface area contributed by atoms with Crippen molar-refractivity contribution in [2.24, 2.45) is 5.73 Å². The topological polar surface area (TPSA) is 74.2 Å². The van der Waals surface area contributed by atoms with Crippen molar-refractivity contribution in [3.63, 3.8) is 0 Å². The van der Waals surface area contributed by atoms with Gasteiger partial charge in [0, 0.05) is 18.0 Å². The molecule has 18 heavy (non-hydrogen) atoms. The van der Waals surface area contributed by atoms with Crippen LogP contribution in [0.5, 0.6) is 5.75 Å². The van der Waals surface area contributed by atoms with Crippen LogP contribution in [0.1, 0.15) is 19.7 Å². The molecule has 0 spiro atoms. The summed E-state index contributed by atoms with van der Waals surface area (Å²) in [6.07, 6.45) is 0.581. The molecule has 2 rings (SSSR count). The van der Waals surface area contributed by atoms with Crippen molar-refractivity contribution in [3.05, 3.63) is 30.2 Å². The Bertz CT molecular complexity index is 508. The highest BCUT2D eigenvalue weighted by Gasteiger charge is 2.10. The molecule has 2 N–H and O–H groups in total. The summed E-state index contributed by atoms with van der Waals surface area (Å²) in [4.78, 5) is 4.31. The molecule has 0 aliphatic heterocycles. The zero-order valence-corrected chi connectivity index (χ0v) is 10.6. The Balaban J connectivity index is 2.20. The lowest BCUT2D eigenvalue weighted by Crippen LogP contribution is -2.17. The largest absolute Gasteiger partial charge is 0.494 e. The fraction of sp³-hybridized carbons (Fsp3) is 0.385. The lowest BCUT2D eigenvalue weighted by atomic mass is 10.2. The molecule has 0 radical (unpaired) electrons. The van der Waals surface area contributed by atoms with Gasteiger partial charge >= 0.3 is 0 Å². The van der Waals surface area contributed by atoms with E-state index in [1.807, 2.05) is 38.1 Å². The van der Waals surface area contributed by atoms with E-state index in [4.69, 9.17) is 15.0 Å². The standard InChI is InChI=1S/C13H17N3O2/c1-3-17-11-6-4-5-10(8-11)13-15-12(18-16-13)7-9(2)14/h4-6,8-9H,3,7,14H2,1-2H3. The van der Waals surface area contributed by atoms with Crippen LogP contribution in [0.4, 0.5) is 0 Å². The minimum Gasteiger partial charge on any atom is -0.494 e.